The standard InChI is InChI=1S/C16H10F3N5O2/c17-10-3-4-12(20-6-10)23-24-7-9-2-1-8(5-11(9)16(24)25)14-21-22-15(26-14)13(18)19/h1-6,13H,7H2,(H,20,23). The minimum atomic E-state index is -2.87. The van der Waals surface area contributed by atoms with E-state index in [1.54, 1.807) is 12.1 Å². The molecule has 1 aliphatic rings. The molecule has 0 saturated carbocycles. The average molecular weight is 361 g/mol. The zero-order chi connectivity index (χ0) is 18.3. The third kappa shape index (κ3) is 2.85. The number of carbonyl (C=O) groups is 1. The van der Waals surface area contributed by atoms with Crippen molar-refractivity contribution in [3.05, 3.63) is 59.4 Å². The highest BCUT2D eigenvalue weighted by Gasteiger charge is 2.29. The maximum Gasteiger partial charge on any atom is 0.314 e. The summed E-state index contributed by atoms with van der Waals surface area (Å²) in [6.45, 7) is 0.264. The highest BCUT2D eigenvalue weighted by molar-refractivity contribution is 5.99. The fourth-order valence-corrected chi connectivity index (χ4v) is 2.54. The molecule has 26 heavy (non-hydrogen) atoms. The Morgan fingerprint density at radius 2 is 2.04 bits per heavy atom. The molecular weight excluding hydrogens is 351 g/mol. The Bertz CT molecular complexity index is 974. The van der Waals surface area contributed by atoms with Crippen LogP contribution >= 0.6 is 0 Å². The number of carbonyl (C=O) groups excluding carboxylic acids is 1. The van der Waals surface area contributed by atoms with Crippen molar-refractivity contribution in [3.8, 4) is 11.5 Å². The Labute approximate surface area is 144 Å². The first-order valence-electron chi connectivity index (χ1n) is 7.46. The van der Waals surface area contributed by atoms with Gasteiger partial charge in [-0.05, 0) is 29.8 Å². The molecule has 132 valence electrons. The molecule has 0 atom stereocenters. The second kappa shape index (κ2) is 6.14. The zero-order valence-corrected chi connectivity index (χ0v) is 13.0. The van der Waals surface area contributed by atoms with E-state index in [4.69, 9.17) is 4.42 Å². The van der Waals surface area contributed by atoms with Gasteiger partial charge in [0.05, 0.1) is 12.7 Å². The normalized spacial score (nSPS) is 13.4. The minimum Gasteiger partial charge on any atom is -0.415 e. The number of rotatable bonds is 4. The monoisotopic (exact) mass is 361 g/mol. The molecule has 0 spiro atoms. The summed E-state index contributed by atoms with van der Waals surface area (Å²) in [5, 5.41) is 8.15. The topological polar surface area (TPSA) is 84.2 Å². The molecule has 1 aromatic carbocycles. The molecule has 10 heteroatoms. The SMILES string of the molecule is O=C1c2cc(-c3nnc(C(F)F)o3)ccc2CN1Nc1ccc(F)cn1. The van der Waals surface area contributed by atoms with Gasteiger partial charge in [0.2, 0.25) is 5.89 Å². The Hall–Kier alpha value is -3.43. The number of benzene rings is 1. The zero-order valence-electron chi connectivity index (χ0n) is 13.0. The van der Waals surface area contributed by atoms with Crippen LogP contribution in [0.2, 0.25) is 0 Å². The summed E-state index contributed by atoms with van der Waals surface area (Å²) in [5.74, 6) is -1.40. The molecule has 0 bridgehead atoms. The second-order valence-corrected chi connectivity index (χ2v) is 5.48. The number of anilines is 1. The quantitative estimate of drug-likeness (QED) is 0.768. The van der Waals surface area contributed by atoms with Gasteiger partial charge in [0.15, 0.2) is 0 Å². The summed E-state index contributed by atoms with van der Waals surface area (Å²) >= 11 is 0. The lowest BCUT2D eigenvalue weighted by molar-refractivity contribution is 0.0814. The molecule has 1 aliphatic heterocycles. The van der Waals surface area contributed by atoms with Gasteiger partial charge < -0.3 is 4.42 Å². The van der Waals surface area contributed by atoms with E-state index in [1.165, 1.54) is 23.2 Å². The number of nitrogens with zero attached hydrogens (tertiary/aromatic N) is 4. The summed E-state index contributed by atoms with van der Waals surface area (Å²) in [7, 11) is 0. The van der Waals surface area contributed by atoms with Crippen LogP contribution in [0.1, 0.15) is 28.2 Å². The smallest absolute Gasteiger partial charge is 0.314 e. The van der Waals surface area contributed by atoms with Gasteiger partial charge >= 0.3 is 6.43 Å². The molecule has 2 aromatic heterocycles. The fraction of sp³-hybridized carbons (Fsp3) is 0.125. The van der Waals surface area contributed by atoms with Gasteiger partial charge in [0.1, 0.15) is 11.6 Å². The molecule has 0 fully saturated rings. The third-order valence-corrected chi connectivity index (χ3v) is 3.77. The lowest BCUT2D eigenvalue weighted by Gasteiger charge is -2.17. The van der Waals surface area contributed by atoms with E-state index in [2.05, 4.69) is 20.6 Å². The van der Waals surface area contributed by atoms with Crippen LogP contribution in [-0.2, 0) is 6.54 Å². The molecule has 0 saturated heterocycles. The minimum absolute atomic E-state index is 0.0949. The van der Waals surface area contributed by atoms with Crippen LogP contribution in [0.3, 0.4) is 0 Å². The van der Waals surface area contributed by atoms with Crippen LogP contribution in [0.4, 0.5) is 19.0 Å². The molecule has 1 N–H and O–H groups in total. The van der Waals surface area contributed by atoms with Crippen molar-refractivity contribution in [2.75, 3.05) is 5.43 Å². The first kappa shape index (κ1) is 16.1. The van der Waals surface area contributed by atoms with Crippen molar-refractivity contribution in [2.24, 2.45) is 0 Å². The summed E-state index contributed by atoms with van der Waals surface area (Å²) in [5.41, 5.74) is 4.25. The van der Waals surface area contributed by atoms with E-state index in [1.807, 2.05) is 0 Å². The Balaban J connectivity index is 1.57. The molecule has 1 amide bonds. The third-order valence-electron chi connectivity index (χ3n) is 3.77. The number of hydrazine groups is 1. The maximum atomic E-state index is 12.9. The lowest BCUT2D eigenvalue weighted by Crippen LogP contribution is -2.30. The number of hydrogen-bond donors (Lipinski definition) is 1. The summed E-state index contributed by atoms with van der Waals surface area (Å²) in [6.07, 6.45) is -1.83. The highest BCUT2D eigenvalue weighted by Crippen LogP contribution is 2.29. The van der Waals surface area contributed by atoms with Gasteiger partial charge in [-0.2, -0.15) is 8.78 Å². The number of fused-ring (bicyclic) bond motifs is 1. The lowest BCUT2D eigenvalue weighted by atomic mass is 10.1. The van der Waals surface area contributed by atoms with Crippen molar-refractivity contribution in [1.29, 1.82) is 0 Å². The number of halogens is 3. The van der Waals surface area contributed by atoms with Crippen LogP contribution < -0.4 is 5.43 Å². The van der Waals surface area contributed by atoms with Crippen molar-refractivity contribution < 1.29 is 22.4 Å². The molecule has 4 rings (SSSR count). The van der Waals surface area contributed by atoms with Crippen LogP contribution in [0.25, 0.3) is 11.5 Å². The van der Waals surface area contributed by atoms with Gasteiger partial charge in [-0.3, -0.25) is 10.2 Å². The first-order valence-corrected chi connectivity index (χ1v) is 7.46. The van der Waals surface area contributed by atoms with Crippen LogP contribution in [-0.4, -0.2) is 26.1 Å². The van der Waals surface area contributed by atoms with E-state index in [-0.39, 0.29) is 18.3 Å². The van der Waals surface area contributed by atoms with Crippen LogP contribution in [0, 0.1) is 5.82 Å². The number of amides is 1. The predicted octanol–water partition coefficient (Wildman–Crippen LogP) is 3.19. The van der Waals surface area contributed by atoms with E-state index in [9.17, 15) is 18.0 Å². The van der Waals surface area contributed by atoms with Gasteiger partial charge in [-0.1, -0.05) is 6.07 Å². The second-order valence-electron chi connectivity index (χ2n) is 5.48. The fourth-order valence-electron chi connectivity index (χ4n) is 2.54. The number of nitrogens with one attached hydrogen (secondary N) is 1. The van der Waals surface area contributed by atoms with Crippen molar-refractivity contribution >= 4 is 11.7 Å². The molecule has 0 unspecified atom stereocenters. The molecule has 3 aromatic rings. The first-order chi connectivity index (χ1) is 12.5. The van der Waals surface area contributed by atoms with Crippen LogP contribution in [0.15, 0.2) is 40.9 Å². The van der Waals surface area contributed by atoms with Gasteiger partial charge in [-0.25, -0.2) is 14.4 Å². The van der Waals surface area contributed by atoms with Crippen molar-refractivity contribution in [3.63, 3.8) is 0 Å². The van der Waals surface area contributed by atoms with E-state index < -0.39 is 18.1 Å². The summed E-state index contributed by atoms with van der Waals surface area (Å²) in [6, 6.07) is 7.40. The molecule has 0 aliphatic carbocycles. The Morgan fingerprint density at radius 1 is 1.19 bits per heavy atom. The molecule has 7 nitrogen and oxygen atoms in total. The number of alkyl halides is 2. The molecule has 3 heterocycles. The Morgan fingerprint density at radius 3 is 2.73 bits per heavy atom. The predicted molar refractivity (Wildman–Crippen MR) is 82.4 cm³/mol. The van der Waals surface area contributed by atoms with Crippen molar-refractivity contribution in [2.45, 2.75) is 13.0 Å². The number of hydrogen-bond acceptors (Lipinski definition) is 6. The average Bonchev–Trinajstić information content (AvgIpc) is 3.23. The van der Waals surface area contributed by atoms with Gasteiger partial charge in [0.25, 0.3) is 11.8 Å². The van der Waals surface area contributed by atoms with E-state index in [0.29, 0.717) is 16.9 Å². The summed E-state index contributed by atoms with van der Waals surface area (Å²) in [4.78, 5) is 16.4. The highest BCUT2D eigenvalue weighted by atomic mass is 19.3. The van der Waals surface area contributed by atoms with Gasteiger partial charge in [-0.15, -0.1) is 10.2 Å². The number of pyridine rings is 1. The van der Waals surface area contributed by atoms with Crippen LogP contribution in [0.5, 0.6) is 0 Å². The summed E-state index contributed by atoms with van der Waals surface area (Å²) < 4.78 is 42.9. The van der Waals surface area contributed by atoms with E-state index >= 15 is 0 Å². The number of aromatic nitrogens is 3. The maximum absolute atomic E-state index is 12.9. The van der Waals surface area contributed by atoms with E-state index in [0.717, 1.165) is 11.8 Å². The molecule has 0 radical (unpaired) electrons. The van der Waals surface area contributed by atoms with Gasteiger partial charge in [0, 0.05) is 11.1 Å². The Kier molecular flexibility index (Phi) is 3.79. The molecular formula is C16H10F3N5O2. The largest absolute Gasteiger partial charge is 0.415 e. The van der Waals surface area contributed by atoms with Crippen molar-refractivity contribution in [1.82, 2.24) is 20.2 Å².